The SMILES string of the molecule is Cc1ccc(S(=O)(=O)NC(N)=NCCC[C@@H](C(=O)OCc2ccccc2)N(C)C(=O)OC(C)(C)C)cc1. The zero-order chi connectivity index (χ0) is 27.6. The number of esters is 1. The molecule has 0 aromatic heterocycles. The first-order valence-electron chi connectivity index (χ1n) is 11.8. The molecule has 0 saturated heterocycles. The van der Waals surface area contributed by atoms with Crippen LogP contribution in [0.15, 0.2) is 64.5 Å². The highest BCUT2D eigenvalue weighted by molar-refractivity contribution is 7.90. The Labute approximate surface area is 218 Å². The molecule has 0 unspecified atom stereocenters. The summed E-state index contributed by atoms with van der Waals surface area (Å²) in [4.78, 5) is 30.8. The van der Waals surface area contributed by atoms with E-state index in [1.165, 1.54) is 24.1 Å². The molecule has 0 radical (unpaired) electrons. The lowest BCUT2D eigenvalue weighted by Crippen LogP contribution is -2.45. The van der Waals surface area contributed by atoms with E-state index in [1.807, 2.05) is 37.3 Å². The molecule has 1 atom stereocenters. The van der Waals surface area contributed by atoms with Gasteiger partial charge in [0.25, 0.3) is 10.0 Å². The number of aliphatic imine (C=N–C) groups is 1. The van der Waals surface area contributed by atoms with Gasteiger partial charge in [-0.1, -0.05) is 48.0 Å². The maximum absolute atomic E-state index is 12.9. The van der Waals surface area contributed by atoms with Crippen LogP contribution in [0, 0.1) is 6.92 Å². The van der Waals surface area contributed by atoms with Crippen molar-refractivity contribution >= 4 is 28.0 Å². The number of nitrogens with zero attached hydrogens (tertiary/aromatic N) is 2. The molecule has 202 valence electrons. The van der Waals surface area contributed by atoms with E-state index in [1.54, 1.807) is 32.9 Å². The number of hydrogen-bond acceptors (Lipinski definition) is 7. The highest BCUT2D eigenvalue weighted by Crippen LogP contribution is 2.15. The van der Waals surface area contributed by atoms with Gasteiger partial charge >= 0.3 is 12.1 Å². The van der Waals surface area contributed by atoms with Crippen molar-refractivity contribution < 1.29 is 27.5 Å². The molecule has 0 fully saturated rings. The van der Waals surface area contributed by atoms with Gasteiger partial charge in [-0.3, -0.25) is 9.89 Å². The molecule has 2 rings (SSSR count). The second kappa shape index (κ2) is 13.1. The number of hydrogen-bond donors (Lipinski definition) is 2. The average Bonchev–Trinajstić information content (AvgIpc) is 2.81. The number of likely N-dealkylation sites (N-methyl/N-ethyl adjacent to an activating group) is 1. The summed E-state index contributed by atoms with van der Waals surface area (Å²) < 4.78 is 38.0. The van der Waals surface area contributed by atoms with Gasteiger partial charge in [-0.25, -0.2) is 22.7 Å². The van der Waals surface area contributed by atoms with E-state index < -0.39 is 33.7 Å². The van der Waals surface area contributed by atoms with Crippen LogP contribution in [0.5, 0.6) is 0 Å². The van der Waals surface area contributed by atoms with Gasteiger partial charge in [-0.15, -0.1) is 0 Å². The molecule has 11 heteroatoms. The van der Waals surface area contributed by atoms with E-state index in [0.717, 1.165) is 11.1 Å². The standard InChI is InChI=1S/C26H36N4O6S/c1-19-13-15-21(16-14-19)37(33,34)29-24(27)28-17-9-12-22(30(5)25(32)36-26(2,3)4)23(31)35-18-20-10-7-6-8-11-20/h6-8,10-11,13-16,22H,9,12,17-18H2,1-5H3,(H3,27,28,29)/t22-/m0/s1. The number of sulfonamides is 1. The molecule has 0 aliphatic carbocycles. The number of carbonyl (C=O) groups excluding carboxylic acids is 2. The first-order chi connectivity index (χ1) is 17.3. The Bertz CT molecular complexity index is 1180. The smallest absolute Gasteiger partial charge is 0.410 e. The fourth-order valence-electron chi connectivity index (χ4n) is 3.19. The summed E-state index contributed by atoms with van der Waals surface area (Å²) in [6.45, 7) is 7.23. The van der Waals surface area contributed by atoms with Crippen molar-refractivity contribution in [1.29, 1.82) is 0 Å². The predicted octanol–water partition coefficient (Wildman–Crippen LogP) is 3.35. The molecule has 37 heavy (non-hydrogen) atoms. The van der Waals surface area contributed by atoms with E-state index in [-0.39, 0.29) is 30.4 Å². The van der Waals surface area contributed by atoms with E-state index in [0.29, 0.717) is 6.42 Å². The fraction of sp³-hybridized carbons (Fsp3) is 0.423. The number of rotatable bonds is 10. The Morgan fingerprint density at radius 1 is 1.08 bits per heavy atom. The monoisotopic (exact) mass is 532 g/mol. The topological polar surface area (TPSA) is 140 Å². The van der Waals surface area contributed by atoms with Crippen LogP contribution in [0.4, 0.5) is 4.79 Å². The number of nitrogens with one attached hydrogen (secondary N) is 1. The molecule has 0 heterocycles. The molecule has 10 nitrogen and oxygen atoms in total. The Morgan fingerprint density at radius 2 is 1.70 bits per heavy atom. The zero-order valence-corrected chi connectivity index (χ0v) is 22.7. The van der Waals surface area contributed by atoms with Crippen LogP contribution < -0.4 is 10.5 Å². The van der Waals surface area contributed by atoms with Crippen molar-refractivity contribution in [3.8, 4) is 0 Å². The Morgan fingerprint density at radius 3 is 2.30 bits per heavy atom. The molecule has 0 aliphatic heterocycles. The predicted molar refractivity (Wildman–Crippen MR) is 141 cm³/mol. The van der Waals surface area contributed by atoms with Crippen molar-refractivity contribution in [2.45, 2.75) is 63.7 Å². The van der Waals surface area contributed by atoms with Crippen LogP contribution >= 0.6 is 0 Å². The molecule has 1 amide bonds. The molecule has 2 aromatic rings. The molecule has 2 aromatic carbocycles. The second-order valence-corrected chi connectivity index (χ2v) is 11.2. The largest absolute Gasteiger partial charge is 0.459 e. The normalized spacial score (nSPS) is 12.9. The number of aryl methyl sites for hydroxylation is 1. The summed E-state index contributed by atoms with van der Waals surface area (Å²) in [6.07, 6.45) is -0.140. The minimum absolute atomic E-state index is 0.0597. The molecule has 3 N–H and O–H groups in total. The average molecular weight is 533 g/mol. The molecular weight excluding hydrogens is 496 g/mol. The van der Waals surface area contributed by atoms with Gasteiger partial charge in [0.05, 0.1) is 4.90 Å². The summed E-state index contributed by atoms with van der Waals surface area (Å²) in [5.41, 5.74) is 6.78. The van der Waals surface area contributed by atoms with E-state index in [4.69, 9.17) is 15.2 Å². The second-order valence-electron chi connectivity index (χ2n) is 9.53. The van der Waals surface area contributed by atoms with Crippen molar-refractivity contribution in [3.63, 3.8) is 0 Å². The van der Waals surface area contributed by atoms with Gasteiger partial charge in [-0.2, -0.15) is 0 Å². The highest BCUT2D eigenvalue weighted by Gasteiger charge is 2.31. The number of nitrogens with two attached hydrogens (primary N) is 1. The number of amides is 1. The Hall–Kier alpha value is -3.60. The van der Waals surface area contributed by atoms with Gasteiger partial charge < -0.3 is 15.2 Å². The number of carbonyl (C=O) groups is 2. The van der Waals surface area contributed by atoms with E-state index in [2.05, 4.69) is 9.71 Å². The minimum Gasteiger partial charge on any atom is -0.459 e. The van der Waals surface area contributed by atoms with Crippen LogP contribution in [0.25, 0.3) is 0 Å². The minimum atomic E-state index is -3.87. The van der Waals surface area contributed by atoms with Crippen LogP contribution in [-0.4, -0.2) is 56.6 Å². The highest BCUT2D eigenvalue weighted by atomic mass is 32.2. The number of guanidine groups is 1. The molecule has 0 aliphatic rings. The van der Waals surface area contributed by atoms with E-state index >= 15 is 0 Å². The summed E-state index contributed by atoms with van der Waals surface area (Å²) in [6, 6.07) is 14.6. The fourth-order valence-corrected chi connectivity index (χ4v) is 4.14. The lowest BCUT2D eigenvalue weighted by Gasteiger charge is -2.29. The van der Waals surface area contributed by atoms with Crippen molar-refractivity contribution in [3.05, 3.63) is 65.7 Å². The van der Waals surface area contributed by atoms with Crippen molar-refractivity contribution in [2.75, 3.05) is 13.6 Å². The van der Waals surface area contributed by atoms with Crippen LogP contribution in [-0.2, 0) is 30.9 Å². The first-order valence-corrected chi connectivity index (χ1v) is 13.3. The quantitative estimate of drug-likeness (QED) is 0.207. The third-order valence-corrected chi connectivity index (χ3v) is 6.50. The molecule has 0 bridgehead atoms. The molecular formula is C26H36N4O6S. The molecule has 0 spiro atoms. The molecule has 0 saturated carbocycles. The Kier molecular flexibility index (Phi) is 10.5. The van der Waals surface area contributed by atoms with Gasteiger partial charge in [0.1, 0.15) is 18.2 Å². The van der Waals surface area contributed by atoms with Gasteiger partial charge in [0, 0.05) is 13.6 Å². The maximum atomic E-state index is 12.9. The van der Waals surface area contributed by atoms with Crippen molar-refractivity contribution in [1.82, 2.24) is 9.62 Å². The third-order valence-electron chi connectivity index (χ3n) is 5.13. The van der Waals surface area contributed by atoms with Crippen LogP contribution in [0.3, 0.4) is 0 Å². The first kappa shape index (κ1) is 29.6. The van der Waals surface area contributed by atoms with Gasteiger partial charge in [-0.05, 0) is 58.2 Å². The van der Waals surface area contributed by atoms with Gasteiger partial charge in [0.2, 0.25) is 5.96 Å². The summed E-state index contributed by atoms with van der Waals surface area (Å²) >= 11 is 0. The van der Waals surface area contributed by atoms with Crippen LogP contribution in [0.1, 0.15) is 44.7 Å². The summed E-state index contributed by atoms with van der Waals surface area (Å²) in [5, 5.41) is 0. The van der Waals surface area contributed by atoms with Crippen molar-refractivity contribution in [2.24, 2.45) is 10.7 Å². The van der Waals surface area contributed by atoms with Gasteiger partial charge in [0.15, 0.2) is 0 Å². The van der Waals surface area contributed by atoms with E-state index in [9.17, 15) is 18.0 Å². The lowest BCUT2D eigenvalue weighted by atomic mass is 10.1. The number of ether oxygens (including phenoxy) is 2. The summed E-state index contributed by atoms with van der Waals surface area (Å²) in [5.74, 6) is -0.862. The third kappa shape index (κ3) is 10.1. The maximum Gasteiger partial charge on any atom is 0.410 e. The lowest BCUT2D eigenvalue weighted by molar-refractivity contribution is -0.151. The number of benzene rings is 2. The summed E-state index contributed by atoms with van der Waals surface area (Å²) in [7, 11) is -2.40. The Balaban J connectivity index is 2.02. The zero-order valence-electron chi connectivity index (χ0n) is 21.9. The van der Waals surface area contributed by atoms with Crippen LogP contribution in [0.2, 0.25) is 0 Å².